The van der Waals surface area contributed by atoms with Gasteiger partial charge in [0.1, 0.15) is 11.2 Å². The second-order valence-electron chi connectivity index (χ2n) is 9.52. The van der Waals surface area contributed by atoms with Gasteiger partial charge in [-0.1, -0.05) is 115 Å². The lowest BCUT2D eigenvalue weighted by Crippen LogP contribution is -1.95. The molecule has 1 nitrogen and oxygen atoms in total. The van der Waals surface area contributed by atoms with Gasteiger partial charge < -0.3 is 4.42 Å². The van der Waals surface area contributed by atoms with E-state index in [2.05, 4.69) is 0 Å². The molecule has 0 saturated carbocycles. The molecule has 0 radical (unpaired) electrons. The van der Waals surface area contributed by atoms with Gasteiger partial charge in [-0.15, -0.1) is 0 Å². The first-order valence-electron chi connectivity index (χ1n) is 16.5. The molecule has 0 aliphatic rings. The molecular formula is C37H24O. The quantitative estimate of drug-likeness (QED) is 0.224. The molecule has 38 heavy (non-hydrogen) atoms. The maximum Gasteiger partial charge on any atom is 0.135 e. The second kappa shape index (κ2) is 8.33. The molecule has 0 bridgehead atoms. The summed E-state index contributed by atoms with van der Waals surface area (Å²) in [6.07, 6.45) is 0.188. The van der Waals surface area contributed by atoms with Crippen LogP contribution < -0.4 is 0 Å². The largest absolute Gasteiger partial charge is 0.456 e. The van der Waals surface area contributed by atoms with Crippen molar-refractivity contribution < 1.29 is 15.4 Å². The first-order chi connectivity index (χ1) is 22.2. The Labute approximate surface area is 231 Å². The lowest BCUT2D eigenvalue weighted by Gasteiger charge is -2.18. The van der Waals surface area contributed by atoms with E-state index in [-0.39, 0.29) is 52.1 Å². The molecule has 0 unspecified atom stereocenters. The topological polar surface area (TPSA) is 13.1 Å². The van der Waals surface area contributed by atoms with E-state index in [1.165, 1.54) is 0 Å². The molecular weight excluding hydrogens is 460 g/mol. The Morgan fingerprint density at radius 1 is 0.526 bits per heavy atom. The van der Waals surface area contributed by atoms with Gasteiger partial charge in [-0.3, -0.25) is 0 Å². The molecule has 0 aliphatic heterocycles. The Kier molecular flexibility index (Phi) is 3.23. The summed E-state index contributed by atoms with van der Waals surface area (Å²) in [5, 5.41) is 4.60. The molecule has 1 heterocycles. The zero-order valence-electron chi connectivity index (χ0n) is 28.2. The predicted molar refractivity (Wildman–Crippen MR) is 161 cm³/mol. The molecule has 1 heteroatoms. The normalized spacial score (nSPS) is 14.7. The summed E-state index contributed by atoms with van der Waals surface area (Å²) in [6.45, 7) is 0. The van der Waals surface area contributed by atoms with Crippen molar-refractivity contribution in [3.8, 4) is 11.1 Å². The number of hydrogen-bond acceptors (Lipinski definition) is 1. The first-order valence-corrected chi connectivity index (χ1v) is 12.5. The van der Waals surface area contributed by atoms with Gasteiger partial charge in [-0.25, -0.2) is 0 Å². The predicted octanol–water partition coefficient (Wildman–Crippen LogP) is 10.3. The smallest absolute Gasteiger partial charge is 0.135 e. The Bertz CT molecular complexity index is 2520. The third-order valence-electron chi connectivity index (χ3n) is 7.34. The Hall–Kier alpha value is -4.88. The zero-order valence-corrected chi connectivity index (χ0v) is 20.2. The summed E-state index contributed by atoms with van der Waals surface area (Å²) in [5.74, 6) is 0. The van der Waals surface area contributed by atoms with Crippen LogP contribution in [-0.4, -0.2) is 0 Å². The molecule has 0 N–H and O–H groups in total. The van der Waals surface area contributed by atoms with Crippen molar-refractivity contribution in [2.75, 3.05) is 0 Å². The number of rotatable bonds is 3. The molecule has 0 atom stereocenters. The monoisotopic (exact) mass is 492 g/mol. The minimum atomic E-state index is -0.412. The van der Waals surface area contributed by atoms with Crippen LogP contribution >= 0.6 is 0 Å². The van der Waals surface area contributed by atoms with Gasteiger partial charge in [0.25, 0.3) is 0 Å². The molecule has 0 amide bonds. The van der Waals surface area contributed by atoms with E-state index in [1.807, 2.05) is 72.8 Å². The summed E-state index contributed by atoms with van der Waals surface area (Å²) < 4.78 is 77.2. The minimum absolute atomic E-state index is 0.188. The molecule has 8 rings (SSSR count). The van der Waals surface area contributed by atoms with Crippen LogP contribution in [0.25, 0.3) is 65.4 Å². The van der Waals surface area contributed by atoms with Gasteiger partial charge in [0, 0.05) is 10.8 Å². The average Bonchev–Trinajstić information content (AvgIpc) is 3.45. The Morgan fingerprint density at radius 2 is 1.18 bits per heavy atom. The molecule has 1 aromatic heterocycles. The summed E-state index contributed by atoms with van der Waals surface area (Å²) >= 11 is 0. The Balaban J connectivity index is 1.57. The van der Waals surface area contributed by atoms with E-state index >= 15 is 0 Å². The summed E-state index contributed by atoms with van der Waals surface area (Å²) in [7, 11) is 0. The van der Waals surface area contributed by atoms with Crippen LogP contribution in [0.3, 0.4) is 0 Å². The SMILES string of the molecule is [2H]c1c([2H])c([2H])c2c(-c3ccc4oc5ccccc5c4c3)c3c([2H])c([2H])c([2H])c([2H])c3c(Cc3ccc4ccccc4c3)c2c1[2H]. The number of furan rings is 1. The van der Waals surface area contributed by atoms with E-state index in [9.17, 15) is 0 Å². The van der Waals surface area contributed by atoms with E-state index in [0.29, 0.717) is 27.9 Å². The zero-order chi connectivity index (χ0) is 32.0. The van der Waals surface area contributed by atoms with Crippen molar-refractivity contribution >= 4 is 54.3 Å². The van der Waals surface area contributed by atoms with Crippen LogP contribution in [0.1, 0.15) is 22.1 Å². The maximum atomic E-state index is 9.16. The highest BCUT2D eigenvalue weighted by atomic mass is 16.3. The van der Waals surface area contributed by atoms with E-state index in [0.717, 1.165) is 27.1 Å². The standard InChI is InChI=1S/C37H24O/c1-2-10-26-21-24(17-18-25(26)9-1)22-33-28-11-3-5-14-31(28)37(32-15-6-4-12-29(32)33)27-19-20-36-34(23-27)30-13-7-8-16-35(30)38-36/h1-21,23H,22H2/i3D,4D,5D,6D,11D,12D,14D,15D. The molecule has 8 aromatic rings. The molecule has 0 fully saturated rings. The lowest BCUT2D eigenvalue weighted by molar-refractivity contribution is 0.669. The van der Waals surface area contributed by atoms with E-state index in [4.69, 9.17) is 15.4 Å². The highest BCUT2D eigenvalue weighted by Crippen LogP contribution is 2.42. The lowest BCUT2D eigenvalue weighted by atomic mass is 9.86. The summed E-state index contributed by atoms with van der Waals surface area (Å²) in [5.41, 5.74) is 3.49. The highest BCUT2D eigenvalue weighted by Gasteiger charge is 2.17. The van der Waals surface area contributed by atoms with Crippen LogP contribution in [0.5, 0.6) is 0 Å². The second-order valence-corrected chi connectivity index (χ2v) is 9.52. The molecule has 178 valence electrons. The fraction of sp³-hybridized carbons (Fsp3) is 0.0270. The van der Waals surface area contributed by atoms with Crippen LogP contribution in [0, 0.1) is 0 Å². The summed E-state index contributed by atoms with van der Waals surface area (Å²) in [6, 6.07) is 24.2. The Morgan fingerprint density at radius 3 is 1.97 bits per heavy atom. The van der Waals surface area contributed by atoms with Crippen molar-refractivity contribution in [1.82, 2.24) is 0 Å². The molecule has 0 spiro atoms. The van der Waals surface area contributed by atoms with Gasteiger partial charge in [-0.05, 0) is 79.2 Å². The van der Waals surface area contributed by atoms with Crippen LogP contribution in [0.15, 0.2) is 138 Å². The van der Waals surface area contributed by atoms with Gasteiger partial charge in [0.15, 0.2) is 0 Å². The van der Waals surface area contributed by atoms with Crippen LogP contribution in [0.4, 0.5) is 0 Å². The van der Waals surface area contributed by atoms with Gasteiger partial charge >= 0.3 is 0 Å². The number of benzene rings is 7. The van der Waals surface area contributed by atoms with Crippen molar-refractivity contribution in [2.24, 2.45) is 0 Å². The molecule has 7 aromatic carbocycles. The van der Waals surface area contributed by atoms with E-state index in [1.54, 1.807) is 12.1 Å². The highest BCUT2D eigenvalue weighted by molar-refractivity contribution is 6.16. The van der Waals surface area contributed by atoms with E-state index < -0.39 is 24.2 Å². The molecule has 0 aliphatic carbocycles. The first kappa shape index (κ1) is 14.8. The minimum Gasteiger partial charge on any atom is -0.456 e. The van der Waals surface area contributed by atoms with Gasteiger partial charge in [0.05, 0.1) is 11.0 Å². The van der Waals surface area contributed by atoms with Crippen molar-refractivity contribution in [2.45, 2.75) is 6.42 Å². The van der Waals surface area contributed by atoms with Crippen LogP contribution in [0.2, 0.25) is 0 Å². The van der Waals surface area contributed by atoms with Crippen molar-refractivity contribution in [3.63, 3.8) is 0 Å². The average molecular weight is 493 g/mol. The summed E-state index contributed by atoms with van der Waals surface area (Å²) in [4.78, 5) is 0. The molecule has 0 saturated heterocycles. The number of para-hydroxylation sites is 1. The van der Waals surface area contributed by atoms with Crippen LogP contribution in [-0.2, 0) is 6.42 Å². The number of fused-ring (bicyclic) bond motifs is 6. The third kappa shape index (κ3) is 3.26. The third-order valence-corrected chi connectivity index (χ3v) is 7.34. The van der Waals surface area contributed by atoms with Gasteiger partial charge in [0.2, 0.25) is 0 Å². The fourth-order valence-electron chi connectivity index (χ4n) is 5.60. The fourth-order valence-corrected chi connectivity index (χ4v) is 5.60. The maximum absolute atomic E-state index is 9.16. The van der Waals surface area contributed by atoms with Gasteiger partial charge in [-0.2, -0.15) is 0 Å². The van der Waals surface area contributed by atoms with Crippen molar-refractivity contribution in [1.29, 1.82) is 0 Å². The number of hydrogen-bond donors (Lipinski definition) is 0. The van der Waals surface area contributed by atoms with Crippen molar-refractivity contribution in [3.05, 3.63) is 144 Å².